The minimum absolute atomic E-state index is 0.0394. The van der Waals surface area contributed by atoms with Crippen LogP contribution in [0.3, 0.4) is 0 Å². The van der Waals surface area contributed by atoms with E-state index < -0.39 is 5.41 Å². The molecule has 0 spiro atoms. The number of carbonyl (C=O) groups excluding carboxylic acids is 1. The van der Waals surface area contributed by atoms with Crippen molar-refractivity contribution in [2.45, 2.75) is 186 Å². The third-order valence-corrected chi connectivity index (χ3v) is 11.4. The van der Waals surface area contributed by atoms with E-state index in [9.17, 15) is 4.79 Å². The second kappa shape index (κ2) is 20.2. The quantitative estimate of drug-likeness (QED) is 0.0896. The molecule has 1 aliphatic rings. The highest BCUT2D eigenvalue weighted by molar-refractivity contribution is 5.85. The van der Waals surface area contributed by atoms with Crippen LogP contribution in [0.25, 0.3) is 0 Å². The van der Waals surface area contributed by atoms with Crippen LogP contribution in [0.2, 0.25) is 0 Å². The van der Waals surface area contributed by atoms with Gasteiger partial charge in [0.1, 0.15) is 12.4 Å². The third kappa shape index (κ3) is 14.6. The Bertz CT molecular complexity index is 880. The number of hydrogen-bond donors (Lipinski definition) is 0. The summed E-state index contributed by atoms with van der Waals surface area (Å²) in [6.07, 6.45) is 18.0. The van der Waals surface area contributed by atoms with Crippen LogP contribution in [-0.4, -0.2) is 24.6 Å². The lowest BCUT2D eigenvalue weighted by molar-refractivity contribution is -0.132. The molecule has 1 aliphatic heterocycles. The van der Waals surface area contributed by atoms with Crippen molar-refractivity contribution in [2.24, 2.45) is 35.0 Å². The Labute approximate surface area is 275 Å². The zero-order chi connectivity index (χ0) is 33.5. The van der Waals surface area contributed by atoms with Crippen LogP contribution in [0, 0.1) is 35.0 Å². The number of ketones is 1. The largest absolute Gasteiger partial charge is 0.486 e. The summed E-state index contributed by atoms with van der Waals surface area (Å²) in [7, 11) is 0. The van der Waals surface area contributed by atoms with Crippen molar-refractivity contribution in [3.05, 3.63) is 22.5 Å². The summed E-state index contributed by atoms with van der Waals surface area (Å²) in [6.45, 7) is 29.8. The van der Waals surface area contributed by atoms with Crippen molar-refractivity contribution < 1.29 is 14.3 Å². The van der Waals surface area contributed by atoms with Crippen molar-refractivity contribution in [1.82, 2.24) is 0 Å². The molecule has 0 radical (unpaired) electrons. The van der Waals surface area contributed by atoms with Gasteiger partial charge in [-0.2, -0.15) is 0 Å². The zero-order valence-electron chi connectivity index (χ0n) is 31.9. The summed E-state index contributed by atoms with van der Waals surface area (Å²) in [5, 5.41) is 0. The van der Waals surface area contributed by atoms with E-state index in [1.165, 1.54) is 80.9 Å². The average molecular weight is 617 g/mol. The standard InChI is InChI=1S/C41H76O3/c1-14-34(8)35(9)39(43-29-38(42)40(11,12)31(4)5)36(10)37-25-27-41(13,44-28-37)26-19-24-33(7)23-18-17-22-32(6)21-16-15-20-30(2)3/h30-34H,14-29H2,1-13H3. The van der Waals surface area contributed by atoms with Crippen LogP contribution < -0.4 is 0 Å². The van der Waals surface area contributed by atoms with Gasteiger partial charge in [0.2, 0.25) is 0 Å². The molecule has 4 atom stereocenters. The van der Waals surface area contributed by atoms with E-state index in [-0.39, 0.29) is 23.9 Å². The molecule has 44 heavy (non-hydrogen) atoms. The van der Waals surface area contributed by atoms with Gasteiger partial charge in [-0.25, -0.2) is 0 Å². The number of unbranched alkanes of at least 4 members (excludes halogenated alkanes) is 2. The fourth-order valence-electron chi connectivity index (χ4n) is 6.31. The van der Waals surface area contributed by atoms with Crippen molar-refractivity contribution >= 4 is 5.78 Å². The molecule has 258 valence electrons. The zero-order valence-corrected chi connectivity index (χ0v) is 31.9. The molecule has 3 heteroatoms. The van der Waals surface area contributed by atoms with Gasteiger partial charge < -0.3 is 9.47 Å². The minimum atomic E-state index is -0.394. The summed E-state index contributed by atoms with van der Waals surface area (Å²) in [5.74, 6) is 4.32. The molecule has 0 aromatic rings. The second-order valence-electron chi connectivity index (χ2n) is 16.4. The molecule has 0 N–H and O–H groups in total. The Morgan fingerprint density at radius 2 is 1.39 bits per heavy atom. The van der Waals surface area contributed by atoms with Crippen molar-refractivity contribution in [3.8, 4) is 0 Å². The molecule has 0 aromatic heterocycles. The van der Waals surface area contributed by atoms with Crippen molar-refractivity contribution in [2.75, 3.05) is 13.2 Å². The monoisotopic (exact) mass is 617 g/mol. The maximum Gasteiger partial charge on any atom is 0.176 e. The van der Waals surface area contributed by atoms with Gasteiger partial charge >= 0.3 is 0 Å². The van der Waals surface area contributed by atoms with E-state index in [0.717, 1.165) is 49.2 Å². The molecule has 0 saturated carbocycles. The smallest absolute Gasteiger partial charge is 0.176 e. The number of rotatable bonds is 22. The molecular formula is C41H76O3. The lowest BCUT2D eigenvalue weighted by Gasteiger charge is -2.36. The maximum atomic E-state index is 13.1. The molecule has 0 aliphatic carbocycles. The van der Waals surface area contributed by atoms with Gasteiger partial charge in [-0.1, -0.05) is 133 Å². The van der Waals surface area contributed by atoms with Gasteiger partial charge in [0.15, 0.2) is 5.78 Å². The lowest BCUT2D eigenvalue weighted by atomic mass is 9.77. The molecule has 1 saturated heterocycles. The summed E-state index contributed by atoms with van der Waals surface area (Å²) in [4.78, 5) is 13.1. The lowest BCUT2D eigenvalue weighted by Crippen LogP contribution is -2.34. The van der Waals surface area contributed by atoms with Gasteiger partial charge in [-0.15, -0.1) is 0 Å². The Balaban J connectivity index is 2.58. The molecule has 4 unspecified atom stereocenters. The van der Waals surface area contributed by atoms with Crippen LogP contribution >= 0.6 is 0 Å². The first-order valence-electron chi connectivity index (χ1n) is 18.7. The second-order valence-corrected chi connectivity index (χ2v) is 16.4. The summed E-state index contributed by atoms with van der Waals surface area (Å²) >= 11 is 0. The first-order chi connectivity index (χ1) is 20.5. The van der Waals surface area contributed by atoms with Crippen molar-refractivity contribution in [1.29, 1.82) is 0 Å². The van der Waals surface area contributed by atoms with E-state index in [1.54, 1.807) is 0 Å². The number of Topliss-reactive ketones (excluding diaryl/α,β-unsaturated/α-hetero) is 1. The maximum absolute atomic E-state index is 13.1. The van der Waals surface area contributed by atoms with Crippen LogP contribution in [-0.2, 0) is 14.3 Å². The average Bonchev–Trinajstić information content (AvgIpc) is 2.96. The fourth-order valence-corrected chi connectivity index (χ4v) is 6.31. The minimum Gasteiger partial charge on any atom is -0.486 e. The fraction of sp³-hybridized carbons (Fsp3) is 0.878. The summed E-state index contributed by atoms with van der Waals surface area (Å²) in [6, 6.07) is 0. The predicted molar refractivity (Wildman–Crippen MR) is 192 cm³/mol. The van der Waals surface area contributed by atoms with E-state index >= 15 is 0 Å². The molecule has 1 rings (SSSR count). The molecule has 1 fully saturated rings. The first kappa shape index (κ1) is 40.9. The van der Waals surface area contributed by atoms with Crippen molar-refractivity contribution in [3.63, 3.8) is 0 Å². The number of hydrogen-bond acceptors (Lipinski definition) is 3. The van der Waals surface area contributed by atoms with Crippen LogP contribution in [0.1, 0.15) is 180 Å². The molecule has 1 heterocycles. The van der Waals surface area contributed by atoms with Crippen LogP contribution in [0.5, 0.6) is 0 Å². The Hall–Kier alpha value is -1.09. The number of carbonyl (C=O) groups is 1. The van der Waals surface area contributed by atoms with E-state index in [4.69, 9.17) is 9.47 Å². The van der Waals surface area contributed by atoms with Gasteiger partial charge in [-0.05, 0) is 92.8 Å². The molecule has 3 nitrogen and oxygen atoms in total. The molecular weight excluding hydrogens is 540 g/mol. The predicted octanol–water partition coefficient (Wildman–Crippen LogP) is 12.7. The third-order valence-electron chi connectivity index (χ3n) is 11.4. The SMILES string of the molecule is CCC(C)C(C)=C(OCC(=O)C(C)(C)C(C)C)C(C)=C1CCC(C)(CCCC(C)CCCCC(C)CCCCC(C)C)OC1. The molecule has 0 amide bonds. The van der Waals surface area contributed by atoms with Gasteiger partial charge in [0, 0.05) is 5.41 Å². The van der Waals surface area contributed by atoms with Gasteiger partial charge in [0.05, 0.1) is 12.2 Å². The summed E-state index contributed by atoms with van der Waals surface area (Å²) in [5.41, 5.74) is 3.32. The molecule has 0 bridgehead atoms. The Kier molecular flexibility index (Phi) is 18.8. The normalized spacial score (nSPS) is 21.7. The Morgan fingerprint density at radius 3 is 1.84 bits per heavy atom. The van der Waals surface area contributed by atoms with E-state index in [2.05, 4.69) is 76.2 Å². The van der Waals surface area contributed by atoms with Gasteiger partial charge in [0.25, 0.3) is 0 Å². The first-order valence-corrected chi connectivity index (χ1v) is 18.7. The van der Waals surface area contributed by atoms with Gasteiger partial charge in [-0.3, -0.25) is 4.79 Å². The topological polar surface area (TPSA) is 35.5 Å². The summed E-state index contributed by atoms with van der Waals surface area (Å²) < 4.78 is 13.0. The highest BCUT2D eigenvalue weighted by Crippen LogP contribution is 2.37. The molecule has 0 aromatic carbocycles. The number of ether oxygens (including phenoxy) is 2. The van der Waals surface area contributed by atoms with Crippen LogP contribution in [0.15, 0.2) is 22.5 Å². The number of allylic oxidation sites excluding steroid dienone is 2. The Morgan fingerprint density at radius 1 is 0.864 bits per heavy atom. The van der Waals surface area contributed by atoms with E-state index in [1.807, 2.05) is 13.8 Å². The highest BCUT2D eigenvalue weighted by atomic mass is 16.5. The highest BCUT2D eigenvalue weighted by Gasteiger charge is 2.33. The van der Waals surface area contributed by atoms with Crippen LogP contribution in [0.4, 0.5) is 0 Å². The van der Waals surface area contributed by atoms with E-state index in [0.29, 0.717) is 12.5 Å².